The van der Waals surface area contributed by atoms with Gasteiger partial charge in [-0.15, -0.1) is 0 Å². The minimum Gasteiger partial charge on any atom is -0.306 e. The molecule has 4 aromatic rings. The molecule has 5 rings (SSSR count). The van der Waals surface area contributed by atoms with E-state index in [1.165, 1.54) is 12.4 Å². The summed E-state index contributed by atoms with van der Waals surface area (Å²) in [5.74, 6) is 0.168. The minimum atomic E-state index is -2.32. The summed E-state index contributed by atoms with van der Waals surface area (Å²) in [6, 6.07) is 7.82. The topological polar surface area (TPSA) is 80.9 Å². The van der Waals surface area contributed by atoms with Crippen molar-refractivity contribution in [3.63, 3.8) is 0 Å². The number of carbonyl (C=O) groups is 1. The van der Waals surface area contributed by atoms with Crippen molar-refractivity contribution in [1.29, 1.82) is 0 Å². The van der Waals surface area contributed by atoms with Gasteiger partial charge in [-0.1, -0.05) is 12.1 Å². The van der Waals surface area contributed by atoms with Gasteiger partial charge in [0.15, 0.2) is 0 Å². The van der Waals surface area contributed by atoms with Gasteiger partial charge in [0.2, 0.25) is 0 Å². The molecule has 158 valence electrons. The summed E-state index contributed by atoms with van der Waals surface area (Å²) in [6.07, 6.45) is 10.1. The Morgan fingerprint density at radius 1 is 1.06 bits per heavy atom. The van der Waals surface area contributed by atoms with Gasteiger partial charge < -0.3 is 10.2 Å². The number of anilines is 1. The van der Waals surface area contributed by atoms with E-state index in [9.17, 15) is 4.79 Å². The van der Waals surface area contributed by atoms with E-state index in [-0.39, 0.29) is 5.91 Å². The minimum absolute atomic E-state index is 0.263. The highest BCUT2D eigenvalue weighted by atomic mass is 16.1. The number of rotatable bonds is 4. The molecule has 1 fully saturated rings. The molecular formula is C23H25N7O. The Hall–Kier alpha value is -3.52. The third-order valence-corrected chi connectivity index (χ3v) is 5.81. The third-order valence-electron chi connectivity index (χ3n) is 5.81. The molecule has 1 aliphatic rings. The van der Waals surface area contributed by atoms with E-state index in [1.807, 2.05) is 22.9 Å². The maximum Gasteiger partial charge on any atom is 0.260 e. The molecule has 1 aliphatic heterocycles. The van der Waals surface area contributed by atoms with Gasteiger partial charge in [-0.2, -0.15) is 10.2 Å². The van der Waals surface area contributed by atoms with Crippen LogP contribution in [0.3, 0.4) is 0 Å². The lowest BCUT2D eigenvalue weighted by molar-refractivity contribution is 0.102. The van der Waals surface area contributed by atoms with E-state index in [0.717, 1.165) is 46.9 Å². The quantitative estimate of drug-likeness (QED) is 0.550. The number of likely N-dealkylation sites (tertiary alicyclic amines) is 1. The molecule has 0 aliphatic carbocycles. The number of nitrogens with zero attached hydrogens (tertiary/aromatic N) is 6. The average molecular weight is 419 g/mol. The molecule has 0 radical (unpaired) electrons. The number of fused-ring (bicyclic) bond motifs is 1. The Bertz CT molecular complexity index is 1340. The SMILES string of the molecule is [2H]C([2H])([2H])n1cc(-c2ccc3cnc(NC(=O)c4cnn(C5CCN(C)CC5)c4)cc3c2)cn1. The van der Waals surface area contributed by atoms with E-state index in [0.29, 0.717) is 23.0 Å². The lowest BCUT2D eigenvalue weighted by Gasteiger charge is -2.28. The number of carbonyl (C=O) groups excluding carboxylic acids is 1. The molecule has 8 heteroatoms. The van der Waals surface area contributed by atoms with Gasteiger partial charge in [-0.3, -0.25) is 14.2 Å². The molecule has 1 saturated heterocycles. The Labute approximate surface area is 184 Å². The molecule has 0 spiro atoms. The highest BCUT2D eigenvalue weighted by Crippen LogP contribution is 2.25. The second-order valence-corrected chi connectivity index (χ2v) is 8.00. The van der Waals surface area contributed by atoms with Gasteiger partial charge >= 0.3 is 0 Å². The zero-order valence-corrected chi connectivity index (χ0v) is 17.2. The van der Waals surface area contributed by atoms with Crippen LogP contribution in [0.15, 0.2) is 55.2 Å². The average Bonchev–Trinajstić information content (AvgIpc) is 3.49. The number of amides is 1. The number of aryl methyl sites for hydroxylation is 1. The van der Waals surface area contributed by atoms with E-state index >= 15 is 0 Å². The fourth-order valence-electron chi connectivity index (χ4n) is 3.96. The Kier molecular flexibility index (Phi) is 4.16. The monoisotopic (exact) mass is 418 g/mol. The maximum absolute atomic E-state index is 12.8. The number of hydrogen-bond donors (Lipinski definition) is 1. The van der Waals surface area contributed by atoms with Gasteiger partial charge in [0.25, 0.3) is 5.91 Å². The highest BCUT2D eigenvalue weighted by molar-refractivity contribution is 6.04. The zero-order chi connectivity index (χ0) is 23.9. The second-order valence-electron chi connectivity index (χ2n) is 8.00. The zero-order valence-electron chi connectivity index (χ0n) is 20.2. The van der Waals surface area contributed by atoms with Crippen LogP contribution in [0, 0.1) is 0 Å². The molecule has 0 unspecified atom stereocenters. The molecule has 3 aromatic heterocycles. The molecule has 4 heterocycles. The van der Waals surface area contributed by atoms with Crippen molar-refractivity contribution in [3.8, 4) is 11.1 Å². The van der Waals surface area contributed by atoms with Crippen molar-refractivity contribution >= 4 is 22.5 Å². The van der Waals surface area contributed by atoms with E-state index in [1.54, 1.807) is 24.7 Å². The van der Waals surface area contributed by atoms with Gasteiger partial charge in [0.1, 0.15) is 5.82 Å². The van der Waals surface area contributed by atoms with Crippen LogP contribution >= 0.6 is 0 Å². The largest absolute Gasteiger partial charge is 0.306 e. The summed E-state index contributed by atoms with van der Waals surface area (Å²) in [7, 11) is 2.11. The summed E-state index contributed by atoms with van der Waals surface area (Å²) >= 11 is 0. The lowest BCUT2D eigenvalue weighted by Crippen LogP contribution is -2.31. The molecule has 0 atom stereocenters. The summed E-state index contributed by atoms with van der Waals surface area (Å²) < 4.78 is 25.3. The molecule has 1 aromatic carbocycles. The summed E-state index contributed by atoms with van der Waals surface area (Å²) in [5.41, 5.74) is 2.01. The molecular weight excluding hydrogens is 390 g/mol. The lowest BCUT2D eigenvalue weighted by atomic mass is 10.1. The Balaban J connectivity index is 1.33. The fourth-order valence-corrected chi connectivity index (χ4v) is 3.96. The third kappa shape index (κ3) is 4.06. The number of nitrogens with one attached hydrogen (secondary N) is 1. The first-order valence-electron chi connectivity index (χ1n) is 11.8. The van der Waals surface area contributed by atoms with Gasteiger partial charge in [0.05, 0.1) is 24.0 Å². The van der Waals surface area contributed by atoms with Crippen LogP contribution in [0.2, 0.25) is 0 Å². The molecule has 31 heavy (non-hydrogen) atoms. The van der Waals surface area contributed by atoms with Crippen LogP contribution in [0.1, 0.15) is 33.4 Å². The van der Waals surface area contributed by atoms with Crippen molar-refractivity contribution in [2.24, 2.45) is 6.98 Å². The molecule has 1 amide bonds. The number of piperidine rings is 1. The second kappa shape index (κ2) is 7.96. The van der Waals surface area contributed by atoms with E-state index in [2.05, 4.69) is 32.4 Å². The van der Waals surface area contributed by atoms with E-state index < -0.39 is 6.98 Å². The predicted octanol–water partition coefficient (Wildman–Crippen LogP) is 3.35. The van der Waals surface area contributed by atoms with Crippen LogP contribution in [-0.2, 0) is 6.98 Å². The number of pyridine rings is 1. The standard InChI is InChI=1S/C23H25N7O/c1-28-7-5-21(6-8-28)30-15-20(13-26-30)23(31)27-22-10-18-9-16(3-4-17(18)11-24-22)19-12-25-29(2)14-19/h3-4,9-15,21H,5-8H2,1-2H3,(H,24,27,31)/i2D3. The normalized spacial score (nSPS) is 17.3. The Morgan fingerprint density at radius 2 is 1.94 bits per heavy atom. The fraction of sp³-hybridized carbons (Fsp3) is 0.304. The van der Waals surface area contributed by atoms with E-state index in [4.69, 9.17) is 4.11 Å². The maximum atomic E-state index is 12.8. The van der Waals surface area contributed by atoms with Crippen LogP contribution in [0.5, 0.6) is 0 Å². The first-order valence-corrected chi connectivity index (χ1v) is 10.3. The van der Waals surface area contributed by atoms with Crippen LogP contribution in [0.25, 0.3) is 21.9 Å². The van der Waals surface area contributed by atoms with Crippen molar-refractivity contribution in [3.05, 3.63) is 60.8 Å². The molecule has 1 N–H and O–H groups in total. The number of benzene rings is 1. The first kappa shape index (κ1) is 16.2. The summed E-state index contributed by atoms with van der Waals surface area (Å²) in [4.78, 5) is 19.5. The molecule has 0 saturated carbocycles. The first-order chi connectivity index (χ1) is 16.3. The van der Waals surface area contributed by atoms with Gasteiger partial charge in [-0.25, -0.2) is 4.98 Å². The predicted molar refractivity (Wildman–Crippen MR) is 120 cm³/mol. The molecule has 8 nitrogen and oxygen atoms in total. The van der Waals surface area contributed by atoms with Crippen molar-refractivity contribution in [1.82, 2.24) is 29.4 Å². The Morgan fingerprint density at radius 3 is 2.74 bits per heavy atom. The smallest absolute Gasteiger partial charge is 0.260 e. The summed E-state index contributed by atoms with van der Waals surface area (Å²) in [6.45, 7) is -0.282. The van der Waals surface area contributed by atoms with Crippen molar-refractivity contribution < 1.29 is 8.91 Å². The van der Waals surface area contributed by atoms with Gasteiger partial charge in [-0.05, 0) is 56.1 Å². The highest BCUT2D eigenvalue weighted by Gasteiger charge is 2.20. The number of hydrogen-bond acceptors (Lipinski definition) is 5. The summed E-state index contributed by atoms with van der Waals surface area (Å²) in [5, 5.41) is 13.0. The van der Waals surface area contributed by atoms with Crippen LogP contribution < -0.4 is 5.32 Å². The molecule has 0 bridgehead atoms. The van der Waals surface area contributed by atoms with Crippen LogP contribution in [0.4, 0.5) is 5.82 Å². The van der Waals surface area contributed by atoms with Gasteiger partial charge in [0, 0.05) is 40.6 Å². The van der Waals surface area contributed by atoms with Crippen LogP contribution in [-0.4, -0.2) is 55.5 Å². The van der Waals surface area contributed by atoms with Crippen molar-refractivity contribution in [2.45, 2.75) is 18.9 Å². The van der Waals surface area contributed by atoms with Crippen molar-refractivity contribution in [2.75, 3.05) is 25.5 Å². The number of aromatic nitrogens is 5.